The third-order valence-electron chi connectivity index (χ3n) is 5.07. The molecule has 1 atom stereocenters. The fourth-order valence-corrected chi connectivity index (χ4v) is 3.59. The van der Waals surface area contributed by atoms with Gasteiger partial charge in [0.05, 0.1) is 18.6 Å². The first-order valence-corrected chi connectivity index (χ1v) is 10.3. The molecular formula is C22H30IN5O3. The van der Waals surface area contributed by atoms with Crippen molar-refractivity contribution in [3.05, 3.63) is 64.2 Å². The van der Waals surface area contributed by atoms with Crippen LogP contribution in [0.4, 0.5) is 11.4 Å². The molecule has 1 unspecified atom stereocenters. The van der Waals surface area contributed by atoms with E-state index >= 15 is 0 Å². The van der Waals surface area contributed by atoms with Crippen LogP contribution in [-0.2, 0) is 6.54 Å². The molecule has 0 radical (unpaired) electrons. The highest BCUT2D eigenvalue weighted by Crippen LogP contribution is 2.24. The first kappa shape index (κ1) is 24.7. The van der Waals surface area contributed by atoms with E-state index in [1.54, 1.807) is 19.2 Å². The van der Waals surface area contributed by atoms with Gasteiger partial charge in [-0.05, 0) is 37.5 Å². The molecule has 2 aromatic rings. The summed E-state index contributed by atoms with van der Waals surface area (Å²) in [6.07, 6.45) is 2.14. The van der Waals surface area contributed by atoms with Crippen LogP contribution in [0.3, 0.4) is 0 Å². The van der Waals surface area contributed by atoms with Crippen LogP contribution in [0, 0.1) is 10.1 Å². The van der Waals surface area contributed by atoms with E-state index < -0.39 is 0 Å². The summed E-state index contributed by atoms with van der Waals surface area (Å²) in [5.74, 6) is 1.58. The highest BCUT2D eigenvalue weighted by Gasteiger charge is 2.21. The second-order valence-electron chi connectivity index (χ2n) is 7.25. The van der Waals surface area contributed by atoms with Crippen molar-refractivity contribution in [2.24, 2.45) is 4.99 Å². The number of nitro groups is 1. The lowest BCUT2D eigenvalue weighted by Gasteiger charge is -2.35. The van der Waals surface area contributed by atoms with Crippen LogP contribution in [0.5, 0.6) is 5.75 Å². The standard InChI is InChI=1S/C22H29N5O3.HI/c1-3-23-22(24-15-17-7-4-10-20(13-17)27(28)29)25-18-8-6-12-26(16-18)19-9-5-11-21(14-19)30-2;/h4-5,7,9-11,13-14,18H,3,6,8,12,15-16H2,1-2H3,(H2,23,24,25);1H. The summed E-state index contributed by atoms with van der Waals surface area (Å²) in [6, 6.07) is 15.0. The molecule has 0 saturated carbocycles. The number of non-ortho nitro benzene ring substituents is 1. The van der Waals surface area contributed by atoms with Gasteiger partial charge in [-0.25, -0.2) is 4.99 Å². The molecule has 0 amide bonds. The van der Waals surface area contributed by atoms with Crippen molar-refractivity contribution in [1.82, 2.24) is 10.6 Å². The average molecular weight is 539 g/mol. The van der Waals surface area contributed by atoms with Gasteiger partial charge in [0, 0.05) is 49.6 Å². The molecule has 1 heterocycles. The molecular weight excluding hydrogens is 509 g/mol. The predicted molar refractivity (Wildman–Crippen MR) is 135 cm³/mol. The fourth-order valence-electron chi connectivity index (χ4n) is 3.59. The van der Waals surface area contributed by atoms with Crippen molar-refractivity contribution in [3.63, 3.8) is 0 Å². The Hall–Kier alpha value is -2.56. The number of anilines is 1. The molecule has 0 aliphatic carbocycles. The van der Waals surface area contributed by atoms with E-state index in [4.69, 9.17) is 4.74 Å². The SMILES string of the molecule is CCNC(=NCc1cccc([N+](=O)[O-])c1)NC1CCCN(c2cccc(OC)c2)C1.I. The van der Waals surface area contributed by atoms with Crippen LogP contribution >= 0.6 is 24.0 Å². The number of benzene rings is 2. The maximum Gasteiger partial charge on any atom is 0.269 e. The minimum absolute atomic E-state index is 0. The molecule has 0 spiro atoms. The summed E-state index contributed by atoms with van der Waals surface area (Å²) in [5.41, 5.74) is 2.05. The summed E-state index contributed by atoms with van der Waals surface area (Å²) in [7, 11) is 1.68. The zero-order valence-corrected chi connectivity index (χ0v) is 20.2. The van der Waals surface area contributed by atoms with Crippen LogP contribution in [0.2, 0.25) is 0 Å². The third-order valence-corrected chi connectivity index (χ3v) is 5.07. The summed E-state index contributed by atoms with van der Waals surface area (Å²) >= 11 is 0. The number of nitro benzene ring substituents is 1. The van der Waals surface area contributed by atoms with E-state index in [0.717, 1.165) is 55.4 Å². The predicted octanol–water partition coefficient (Wildman–Crippen LogP) is 3.95. The first-order chi connectivity index (χ1) is 14.6. The number of halogens is 1. The van der Waals surface area contributed by atoms with Crippen LogP contribution in [0.1, 0.15) is 25.3 Å². The lowest BCUT2D eigenvalue weighted by Crippen LogP contribution is -2.51. The Morgan fingerprint density at radius 3 is 2.84 bits per heavy atom. The maximum atomic E-state index is 11.0. The van der Waals surface area contributed by atoms with Crippen molar-refractivity contribution >= 4 is 41.3 Å². The van der Waals surface area contributed by atoms with Crippen LogP contribution < -0.4 is 20.3 Å². The molecule has 1 saturated heterocycles. The minimum Gasteiger partial charge on any atom is -0.497 e. The molecule has 9 heteroatoms. The van der Waals surface area contributed by atoms with Gasteiger partial charge in [0.15, 0.2) is 5.96 Å². The van der Waals surface area contributed by atoms with E-state index in [1.165, 1.54) is 6.07 Å². The topological polar surface area (TPSA) is 92.0 Å². The molecule has 8 nitrogen and oxygen atoms in total. The molecule has 1 aliphatic heterocycles. The van der Waals surface area contributed by atoms with Crippen LogP contribution in [-0.4, -0.2) is 43.7 Å². The number of rotatable bonds is 7. The molecule has 1 aliphatic rings. The average Bonchev–Trinajstić information content (AvgIpc) is 2.78. The van der Waals surface area contributed by atoms with Gasteiger partial charge in [-0.3, -0.25) is 10.1 Å². The van der Waals surface area contributed by atoms with Crippen molar-refractivity contribution < 1.29 is 9.66 Å². The second-order valence-corrected chi connectivity index (χ2v) is 7.25. The quantitative estimate of drug-likeness (QED) is 0.182. The van der Waals surface area contributed by atoms with Crippen molar-refractivity contribution in [2.45, 2.75) is 32.4 Å². The monoisotopic (exact) mass is 539 g/mol. The molecule has 2 aromatic carbocycles. The Bertz CT molecular complexity index is 893. The van der Waals surface area contributed by atoms with Gasteiger partial charge in [0.1, 0.15) is 5.75 Å². The number of nitrogens with zero attached hydrogens (tertiary/aromatic N) is 3. The van der Waals surface area contributed by atoms with E-state index in [9.17, 15) is 10.1 Å². The number of nitrogens with one attached hydrogen (secondary N) is 2. The summed E-state index contributed by atoms with van der Waals surface area (Å²) in [5, 5.41) is 17.8. The van der Waals surface area contributed by atoms with Gasteiger partial charge in [0.2, 0.25) is 0 Å². The molecule has 2 N–H and O–H groups in total. The normalized spacial score (nSPS) is 16.3. The highest BCUT2D eigenvalue weighted by atomic mass is 127. The van der Waals surface area contributed by atoms with E-state index in [2.05, 4.69) is 32.7 Å². The van der Waals surface area contributed by atoms with E-state index in [-0.39, 0.29) is 40.6 Å². The zero-order valence-electron chi connectivity index (χ0n) is 17.9. The number of hydrogen-bond acceptors (Lipinski definition) is 5. The fraction of sp³-hybridized carbons (Fsp3) is 0.409. The molecule has 0 bridgehead atoms. The van der Waals surface area contributed by atoms with Crippen LogP contribution in [0.15, 0.2) is 53.5 Å². The molecule has 168 valence electrons. The number of piperidine rings is 1. The number of aliphatic imine (C=N–C) groups is 1. The summed E-state index contributed by atoms with van der Waals surface area (Å²) in [4.78, 5) is 17.6. The molecule has 0 aromatic heterocycles. The number of methoxy groups -OCH3 is 1. The Kier molecular flexibility index (Phi) is 9.83. The largest absolute Gasteiger partial charge is 0.497 e. The number of guanidine groups is 1. The van der Waals surface area contributed by atoms with Gasteiger partial charge in [0.25, 0.3) is 5.69 Å². The Labute approximate surface area is 200 Å². The number of hydrogen-bond donors (Lipinski definition) is 2. The van der Waals surface area contributed by atoms with E-state index in [1.807, 2.05) is 25.1 Å². The van der Waals surface area contributed by atoms with Gasteiger partial charge in [-0.2, -0.15) is 0 Å². The number of ether oxygens (including phenoxy) is 1. The third kappa shape index (κ3) is 7.27. The van der Waals surface area contributed by atoms with Crippen LogP contribution in [0.25, 0.3) is 0 Å². The van der Waals surface area contributed by atoms with Crippen molar-refractivity contribution in [3.8, 4) is 5.75 Å². The first-order valence-electron chi connectivity index (χ1n) is 10.3. The van der Waals surface area contributed by atoms with Crippen molar-refractivity contribution in [1.29, 1.82) is 0 Å². The zero-order chi connectivity index (χ0) is 21.3. The lowest BCUT2D eigenvalue weighted by atomic mass is 10.0. The molecule has 31 heavy (non-hydrogen) atoms. The van der Waals surface area contributed by atoms with Gasteiger partial charge >= 0.3 is 0 Å². The molecule has 1 fully saturated rings. The highest BCUT2D eigenvalue weighted by molar-refractivity contribution is 14.0. The smallest absolute Gasteiger partial charge is 0.269 e. The van der Waals surface area contributed by atoms with E-state index in [0.29, 0.717) is 6.54 Å². The molecule has 3 rings (SSSR count). The van der Waals surface area contributed by atoms with Gasteiger partial charge < -0.3 is 20.3 Å². The maximum absolute atomic E-state index is 11.0. The van der Waals surface area contributed by atoms with Crippen molar-refractivity contribution in [2.75, 3.05) is 31.6 Å². The second kappa shape index (κ2) is 12.3. The lowest BCUT2D eigenvalue weighted by molar-refractivity contribution is -0.384. The Morgan fingerprint density at radius 1 is 1.29 bits per heavy atom. The minimum atomic E-state index is -0.383. The Balaban J connectivity index is 0.00000341. The van der Waals surface area contributed by atoms with Gasteiger partial charge in [-0.15, -0.1) is 24.0 Å². The Morgan fingerprint density at radius 2 is 2.10 bits per heavy atom. The summed E-state index contributed by atoms with van der Waals surface area (Å²) in [6.45, 7) is 5.02. The van der Waals surface area contributed by atoms with Gasteiger partial charge in [-0.1, -0.05) is 18.2 Å². The summed E-state index contributed by atoms with van der Waals surface area (Å²) < 4.78 is 5.35.